The molecule has 0 radical (unpaired) electrons. The molecule has 1 aliphatic rings. The van der Waals surface area contributed by atoms with Crippen molar-refractivity contribution in [2.75, 3.05) is 26.3 Å². The molecule has 7 heteroatoms. The largest absolute Gasteiger partial charge is 0.379 e. The number of carbonyl (C=O) groups excluding carboxylic acids is 2. The first-order chi connectivity index (χ1) is 15.9. The molecule has 1 N–H and O–H groups in total. The van der Waals surface area contributed by atoms with Crippen LogP contribution in [0.4, 0.5) is 4.39 Å². The van der Waals surface area contributed by atoms with Crippen molar-refractivity contribution in [1.82, 2.24) is 15.2 Å². The zero-order chi connectivity index (χ0) is 23.3. The van der Waals surface area contributed by atoms with E-state index >= 15 is 4.39 Å². The lowest BCUT2D eigenvalue weighted by atomic mass is 9.95. The van der Waals surface area contributed by atoms with Gasteiger partial charge in [-0.1, -0.05) is 48.5 Å². The molecular weight excluding hydrogens is 421 g/mol. The number of hydrogen-bond acceptors (Lipinski definition) is 4. The molecular formula is C26H28FN3O3. The normalized spacial score (nSPS) is 18.4. The average Bonchev–Trinajstić information content (AvgIpc) is 3.04. The van der Waals surface area contributed by atoms with Crippen molar-refractivity contribution in [3.63, 3.8) is 0 Å². The number of carbonyl (C=O) groups is 2. The summed E-state index contributed by atoms with van der Waals surface area (Å²) in [7, 11) is 0. The minimum absolute atomic E-state index is 0.0134. The van der Waals surface area contributed by atoms with Crippen LogP contribution in [0.5, 0.6) is 0 Å². The van der Waals surface area contributed by atoms with Crippen molar-refractivity contribution in [2.24, 2.45) is 5.92 Å². The van der Waals surface area contributed by atoms with Gasteiger partial charge in [-0.05, 0) is 29.7 Å². The van der Waals surface area contributed by atoms with Gasteiger partial charge >= 0.3 is 0 Å². The van der Waals surface area contributed by atoms with Gasteiger partial charge in [-0.25, -0.2) is 4.39 Å². The molecule has 0 aliphatic carbocycles. The Kier molecular flexibility index (Phi) is 6.99. The Hall–Kier alpha value is -3.32. The van der Waals surface area contributed by atoms with Gasteiger partial charge in [0.1, 0.15) is 0 Å². The minimum Gasteiger partial charge on any atom is -0.379 e. The summed E-state index contributed by atoms with van der Waals surface area (Å²) in [4.78, 5) is 31.1. The molecule has 2 aromatic carbocycles. The second kappa shape index (κ2) is 10.1. The Labute approximate surface area is 192 Å². The highest BCUT2D eigenvalue weighted by Crippen LogP contribution is 2.24. The summed E-state index contributed by atoms with van der Waals surface area (Å²) in [5.74, 6) is -3.87. The maximum absolute atomic E-state index is 16.0. The molecule has 4 rings (SSSR count). The summed E-state index contributed by atoms with van der Waals surface area (Å²) in [6.45, 7) is 2.62. The lowest BCUT2D eigenvalue weighted by Gasteiger charge is -2.32. The van der Waals surface area contributed by atoms with Crippen molar-refractivity contribution < 1.29 is 18.7 Å². The number of nitrogens with one attached hydrogen (secondary N) is 1. The topological polar surface area (TPSA) is 71.5 Å². The van der Waals surface area contributed by atoms with Crippen LogP contribution in [0, 0.1) is 5.92 Å². The highest BCUT2D eigenvalue weighted by molar-refractivity contribution is 5.90. The number of halogens is 1. The summed E-state index contributed by atoms with van der Waals surface area (Å²) in [5.41, 5.74) is 2.66. The highest BCUT2D eigenvalue weighted by Gasteiger charge is 2.43. The number of hydrogen-bond donors (Lipinski definition) is 1. The smallest absolute Gasteiger partial charge is 0.281 e. The summed E-state index contributed by atoms with van der Waals surface area (Å²) in [6, 6.07) is 18.8. The molecule has 2 atom stereocenters. The monoisotopic (exact) mass is 449 g/mol. The van der Waals surface area contributed by atoms with Gasteiger partial charge in [0.2, 0.25) is 5.91 Å². The summed E-state index contributed by atoms with van der Waals surface area (Å²) in [6.07, 6.45) is 2.20. The maximum atomic E-state index is 16.0. The number of ether oxygens (including phenoxy) is 1. The number of rotatable bonds is 6. The molecule has 0 saturated carbocycles. The van der Waals surface area contributed by atoms with Crippen molar-refractivity contribution >= 4 is 22.7 Å². The Balaban J connectivity index is 1.54. The van der Waals surface area contributed by atoms with E-state index in [4.69, 9.17) is 4.74 Å². The van der Waals surface area contributed by atoms with Gasteiger partial charge in [0.05, 0.1) is 18.7 Å². The van der Waals surface area contributed by atoms with Crippen LogP contribution in [0.3, 0.4) is 0 Å². The predicted octanol–water partition coefficient (Wildman–Crippen LogP) is 3.30. The quantitative estimate of drug-likeness (QED) is 0.587. The first-order valence-corrected chi connectivity index (χ1v) is 11.2. The van der Waals surface area contributed by atoms with E-state index < -0.39 is 17.6 Å². The summed E-state index contributed by atoms with van der Waals surface area (Å²) in [5, 5.41) is 3.32. The maximum Gasteiger partial charge on any atom is 0.281 e. The molecule has 2 amide bonds. The SMILES string of the molecule is CC(=O)N[C@@](F)(Cc1ccccc1)C(=O)N1CCOC[C@H](Cc2cccc3ncccc23)C1. The third-order valence-corrected chi connectivity index (χ3v) is 5.87. The molecule has 2 heterocycles. The van der Waals surface area contributed by atoms with Crippen LogP contribution in [-0.2, 0) is 27.2 Å². The third-order valence-electron chi connectivity index (χ3n) is 5.87. The lowest BCUT2D eigenvalue weighted by Crippen LogP contribution is -2.58. The summed E-state index contributed by atoms with van der Waals surface area (Å²) < 4.78 is 21.8. The van der Waals surface area contributed by atoms with Crippen LogP contribution in [-0.4, -0.2) is 53.8 Å². The number of benzene rings is 2. The summed E-state index contributed by atoms with van der Waals surface area (Å²) >= 11 is 0. The zero-order valence-electron chi connectivity index (χ0n) is 18.7. The van der Waals surface area contributed by atoms with E-state index in [0.29, 0.717) is 31.7 Å². The van der Waals surface area contributed by atoms with Crippen LogP contribution in [0.1, 0.15) is 18.1 Å². The number of pyridine rings is 1. The van der Waals surface area contributed by atoms with Crippen LogP contribution >= 0.6 is 0 Å². The van der Waals surface area contributed by atoms with Gasteiger partial charge in [0, 0.05) is 43.9 Å². The molecule has 6 nitrogen and oxygen atoms in total. The molecule has 0 unspecified atom stereocenters. The number of amides is 2. The zero-order valence-corrected chi connectivity index (χ0v) is 18.7. The number of aromatic nitrogens is 1. The number of fused-ring (bicyclic) bond motifs is 1. The molecule has 1 fully saturated rings. The third kappa shape index (κ3) is 5.54. The van der Waals surface area contributed by atoms with Crippen LogP contribution in [0.2, 0.25) is 0 Å². The molecule has 172 valence electrons. The number of alkyl halides is 1. The fourth-order valence-corrected chi connectivity index (χ4v) is 4.42. The van der Waals surface area contributed by atoms with Gasteiger partial charge in [-0.15, -0.1) is 0 Å². The Morgan fingerprint density at radius 3 is 2.76 bits per heavy atom. The van der Waals surface area contributed by atoms with Crippen molar-refractivity contribution in [1.29, 1.82) is 0 Å². The number of nitrogens with zero attached hydrogens (tertiary/aromatic N) is 2. The Morgan fingerprint density at radius 1 is 1.15 bits per heavy atom. The van der Waals surface area contributed by atoms with Gasteiger partial charge in [0.15, 0.2) is 0 Å². The fraction of sp³-hybridized carbons (Fsp3) is 0.346. The van der Waals surface area contributed by atoms with Gasteiger partial charge < -0.3 is 15.0 Å². The molecule has 1 saturated heterocycles. The van der Waals surface area contributed by atoms with E-state index in [1.165, 1.54) is 11.8 Å². The van der Waals surface area contributed by atoms with Crippen LogP contribution < -0.4 is 5.32 Å². The standard InChI is InChI=1S/C26H28FN3O3/c1-19(31)29-26(27,16-20-7-3-2-4-8-20)25(32)30-13-14-33-18-21(17-30)15-22-9-5-11-24-23(22)10-6-12-28-24/h2-12,21H,13-18H2,1H3,(H,29,31)/t21-,26+/m1/s1. The Morgan fingerprint density at radius 2 is 1.97 bits per heavy atom. The first kappa shape index (κ1) is 22.9. The van der Waals surface area contributed by atoms with E-state index in [9.17, 15) is 9.59 Å². The van der Waals surface area contributed by atoms with Gasteiger partial charge in [-0.3, -0.25) is 14.6 Å². The molecule has 0 bridgehead atoms. The van der Waals surface area contributed by atoms with E-state index in [1.54, 1.807) is 30.5 Å². The van der Waals surface area contributed by atoms with Crippen molar-refractivity contribution in [3.05, 3.63) is 78.0 Å². The first-order valence-electron chi connectivity index (χ1n) is 11.2. The second-order valence-corrected chi connectivity index (χ2v) is 8.53. The second-order valence-electron chi connectivity index (χ2n) is 8.53. The fourth-order valence-electron chi connectivity index (χ4n) is 4.42. The predicted molar refractivity (Wildman–Crippen MR) is 124 cm³/mol. The molecule has 33 heavy (non-hydrogen) atoms. The molecule has 3 aromatic rings. The van der Waals surface area contributed by atoms with Gasteiger partial charge in [0.25, 0.3) is 11.7 Å². The van der Waals surface area contributed by atoms with Gasteiger partial charge in [-0.2, -0.15) is 0 Å². The van der Waals surface area contributed by atoms with Crippen molar-refractivity contribution in [3.8, 4) is 0 Å². The molecule has 0 spiro atoms. The minimum atomic E-state index is -2.52. The average molecular weight is 450 g/mol. The Bertz CT molecular complexity index is 1120. The van der Waals surface area contributed by atoms with Crippen LogP contribution in [0.25, 0.3) is 10.9 Å². The van der Waals surface area contributed by atoms with E-state index in [0.717, 1.165) is 16.5 Å². The van der Waals surface area contributed by atoms with Crippen LogP contribution in [0.15, 0.2) is 66.9 Å². The molecule has 1 aliphatic heterocycles. The van der Waals surface area contributed by atoms with E-state index in [1.807, 2.05) is 36.4 Å². The van der Waals surface area contributed by atoms with Crippen molar-refractivity contribution in [2.45, 2.75) is 25.6 Å². The van der Waals surface area contributed by atoms with E-state index in [-0.39, 0.29) is 18.9 Å². The highest BCUT2D eigenvalue weighted by atomic mass is 19.1. The lowest BCUT2D eigenvalue weighted by molar-refractivity contribution is -0.150. The molecule has 1 aromatic heterocycles. The van der Waals surface area contributed by atoms with E-state index in [2.05, 4.69) is 10.3 Å².